The van der Waals surface area contributed by atoms with Gasteiger partial charge in [0.05, 0.1) is 6.04 Å². The molecule has 1 atom stereocenters. The maximum Gasteiger partial charge on any atom is 0.123 e. The predicted octanol–water partition coefficient (Wildman–Crippen LogP) is 3.46. The van der Waals surface area contributed by atoms with Gasteiger partial charge in [-0.1, -0.05) is 0 Å². The zero-order valence-corrected chi connectivity index (χ0v) is 12.6. The van der Waals surface area contributed by atoms with Crippen LogP contribution in [0.2, 0.25) is 0 Å². The molecule has 0 fully saturated rings. The molecule has 0 spiro atoms. The van der Waals surface area contributed by atoms with Gasteiger partial charge >= 0.3 is 0 Å². The van der Waals surface area contributed by atoms with Crippen LogP contribution in [-0.4, -0.2) is 12.4 Å². The van der Waals surface area contributed by atoms with E-state index >= 15 is 0 Å². The largest absolute Gasteiger partial charge is 0.384 e. The monoisotopic (exact) mass is 285 g/mol. The summed E-state index contributed by atoms with van der Waals surface area (Å²) < 4.78 is 0. The third-order valence-electron chi connectivity index (χ3n) is 4.11. The fourth-order valence-corrected chi connectivity index (χ4v) is 3.95. The van der Waals surface area contributed by atoms with Crippen molar-refractivity contribution in [3.8, 4) is 0 Å². The molecule has 1 aromatic carbocycles. The summed E-state index contributed by atoms with van der Waals surface area (Å²) >= 11 is 1.86. The molecule has 3 nitrogen and oxygen atoms in total. The normalized spacial score (nSPS) is 17.9. The fraction of sp³-hybridized carbons (Fsp3) is 0.312. The Morgan fingerprint density at radius 1 is 1.40 bits per heavy atom. The van der Waals surface area contributed by atoms with E-state index in [0.717, 1.165) is 24.1 Å². The van der Waals surface area contributed by atoms with Crippen LogP contribution in [0.3, 0.4) is 0 Å². The highest BCUT2D eigenvalue weighted by molar-refractivity contribution is 7.10. The molecule has 2 heterocycles. The molecule has 1 unspecified atom stereocenters. The number of fused-ring (bicyclic) bond motifs is 1. The Bertz CT molecular complexity index is 659. The van der Waals surface area contributed by atoms with Crippen LogP contribution in [0.15, 0.2) is 29.6 Å². The van der Waals surface area contributed by atoms with E-state index in [9.17, 15) is 0 Å². The molecule has 0 radical (unpaired) electrons. The third kappa shape index (κ3) is 2.10. The van der Waals surface area contributed by atoms with Crippen molar-refractivity contribution in [2.75, 3.05) is 11.4 Å². The van der Waals surface area contributed by atoms with Gasteiger partial charge in [0, 0.05) is 22.7 Å². The van der Waals surface area contributed by atoms with Gasteiger partial charge in [-0.25, -0.2) is 0 Å². The zero-order chi connectivity index (χ0) is 14.3. The lowest BCUT2D eigenvalue weighted by Crippen LogP contribution is -2.33. The smallest absolute Gasteiger partial charge is 0.123 e. The van der Waals surface area contributed by atoms with Gasteiger partial charge in [-0.3, -0.25) is 5.41 Å². The summed E-state index contributed by atoms with van der Waals surface area (Å²) in [6.07, 6.45) is 1.12. The third-order valence-corrected chi connectivity index (χ3v) is 5.11. The van der Waals surface area contributed by atoms with Crippen molar-refractivity contribution in [2.45, 2.75) is 26.3 Å². The minimum absolute atomic E-state index is 0.140. The minimum atomic E-state index is 0.140. The molecule has 3 rings (SSSR count). The molecule has 1 aliphatic heterocycles. The van der Waals surface area contributed by atoms with Gasteiger partial charge in [-0.15, -0.1) is 11.3 Å². The number of thiophene rings is 1. The molecule has 0 saturated heterocycles. The summed E-state index contributed by atoms with van der Waals surface area (Å²) in [4.78, 5) is 3.96. The lowest BCUT2D eigenvalue weighted by atomic mass is 9.99. The van der Waals surface area contributed by atoms with Crippen molar-refractivity contribution in [3.05, 3.63) is 51.2 Å². The molecule has 20 heavy (non-hydrogen) atoms. The molecule has 3 N–H and O–H groups in total. The topological polar surface area (TPSA) is 53.1 Å². The molecule has 2 aromatic rings. The first-order valence-electron chi connectivity index (χ1n) is 6.86. The first-order chi connectivity index (χ1) is 9.58. The molecule has 4 heteroatoms. The highest BCUT2D eigenvalue weighted by Gasteiger charge is 2.25. The molecular formula is C16H19N3S. The van der Waals surface area contributed by atoms with E-state index in [1.807, 2.05) is 24.3 Å². The average molecular weight is 285 g/mol. The Morgan fingerprint density at radius 2 is 2.20 bits per heavy atom. The quantitative estimate of drug-likeness (QED) is 0.656. The summed E-state index contributed by atoms with van der Waals surface area (Å²) in [5.41, 5.74) is 10.2. The van der Waals surface area contributed by atoms with E-state index in [1.165, 1.54) is 16.1 Å². The maximum atomic E-state index is 7.57. The second-order valence-corrected chi connectivity index (χ2v) is 6.33. The molecule has 0 amide bonds. The standard InChI is InChI=1S/C16H19N3S/c1-10-9-12(3-4-13(10)16(17)18)19-7-5-15-14(11(19)2)6-8-20-15/h3-4,6,8-9,11H,5,7H2,1-2H3,(H3,17,18). The highest BCUT2D eigenvalue weighted by atomic mass is 32.1. The minimum Gasteiger partial charge on any atom is -0.384 e. The number of hydrogen-bond acceptors (Lipinski definition) is 3. The van der Waals surface area contributed by atoms with E-state index in [1.54, 1.807) is 0 Å². The Morgan fingerprint density at radius 3 is 2.90 bits per heavy atom. The Hall–Kier alpha value is -1.81. The summed E-state index contributed by atoms with van der Waals surface area (Å²) in [5.74, 6) is 0.140. The number of nitrogens with two attached hydrogens (primary N) is 1. The van der Waals surface area contributed by atoms with E-state index in [0.29, 0.717) is 6.04 Å². The van der Waals surface area contributed by atoms with Gasteiger partial charge in [0.2, 0.25) is 0 Å². The van der Waals surface area contributed by atoms with Crippen LogP contribution in [0.5, 0.6) is 0 Å². The van der Waals surface area contributed by atoms with Crippen molar-refractivity contribution in [1.29, 1.82) is 5.41 Å². The van der Waals surface area contributed by atoms with Crippen molar-refractivity contribution in [2.24, 2.45) is 5.73 Å². The number of nitrogens with zero attached hydrogens (tertiary/aromatic N) is 1. The van der Waals surface area contributed by atoms with Crippen molar-refractivity contribution >= 4 is 22.9 Å². The first-order valence-corrected chi connectivity index (χ1v) is 7.74. The molecule has 104 valence electrons. The fourth-order valence-electron chi connectivity index (χ4n) is 2.99. The van der Waals surface area contributed by atoms with E-state index in [4.69, 9.17) is 11.1 Å². The summed E-state index contributed by atoms with van der Waals surface area (Å²) in [6, 6.07) is 8.84. The first kappa shape index (κ1) is 13.2. The average Bonchev–Trinajstić information content (AvgIpc) is 2.87. The maximum absolute atomic E-state index is 7.57. The van der Waals surface area contributed by atoms with Crippen LogP contribution in [0, 0.1) is 12.3 Å². The van der Waals surface area contributed by atoms with Crippen LogP contribution in [0.4, 0.5) is 5.69 Å². The van der Waals surface area contributed by atoms with Gasteiger partial charge in [0.1, 0.15) is 5.84 Å². The summed E-state index contributed by atoms with van der Waals surface area (Å²) in [7, 11) is 0. The molecule has 1 aliphatic rings. The predicted molar refractivity (Wildman–Crippen MR) is 86.0 cm³/mol. The lowest BCUT2D eigenvalue weighted by molar-refractivity contribution is 0.632. The van der Waals surface area contributed by atoms with E-state index in [-0.39, 0.29) is 5.84 Å². The second-order valence-electron chi connectivity index (χ2n) is 5.33. The second kappa shape index (κ2) is 4.94. The van der Waals surface area contributed by atoms with Crippen LogP contribution in [0.1, 0.15) is 34.5 Å². The molecule has 1 aromatic heterocycles. The Labute approximate surface area is 123 Å². The van der Waals surface area contributed by atoms with Gasteiger partial charge in [-0.05, 0) is 61.0 Å². The van der Waals surface area contributed by atoms with E-state index in [2.05, 4.69) is 35.4 Å². The van der Waals surface area contributed by atoms with Crippen LogP contribution in [-0.2, 0) is 6.42 Å². The van der Waals surface area contributed by atoms with Crippen LogP contribution in [0.25, 0.3) is 0 Å². The molecule has 0 saturated carbocycles. The molecule has 0 aliphatic carbocycles. The van der Waals surface area contributed by atoms with Crippen LogP contribution >= 0.6 is 11.3 Å². The van der Waals surface area contributed by atoms with Gasteiger partial charge < -0.3 is 10.6 Å². The van der Waals surface area contributed by atoms with Gasteiger partial charge in [0.25, 0.3) is 0 Å². The number of rotatable bonds is 2. The molecule has 0 bridgehead atoms. The Kier molecular flexibility index (Phi) is 3.26. The number of aryl methyl sites for hydroxylation is 1. The summed E-state index contributed by atoms with van der Waals surface area (Å²) in [6.45, 7) is 5.33. The number of nitrogens with one attached hydrogen (secondary N) is 1. The SMILES string of the molecule is Cc1cc(N2CCc3sccc3C2C)ccc1C(=N)N. The van der Waals surface area contributed by atoms with Crippen molar-refractivity contribution in [1.82, 2.24) is 0 Å². The van der Waals surface area contributed by atoms with Gasteiger partial charge in [-0.2, -0.15) is 0 Å². The number of nitrogen functional groups attached to an aromatic ring is 1. The number of benzene rings is 1. The highest BCUT2D eigenvalue weighted by Crippen LogP contribution is 2.36. The zero-order valence-electron chi connectivity index (χ0n) is 11.8. The van der Waals surface area contributed by atoms with Crippen molar-refractivity contribution in [3.63, 3.8) is 0 Å². The van der Waals surface area contributed by atoms with Crippen molar-refractivity contribution < 1.29 is 0 Å². The number of amidine groups is 1. The lowest BCUT2D eigenvalue weighted by Gasteiger charge is -2.36. The van der Waals surface area contributed by atoms with E-state index < -0.39 is 0 Å². The van der Waals surface area contributed by atoms with Crippen LogP contribution < -0.4 is 10.6 Å². The summed E-state index contributed by atoms with van der Waals surface area (Å²) in [5, 5.41) is 9.76. The number of hydrogen-bond donors (Lipinski definition) is 2. The Balaban J connectivity index is 1.95. The van der Waals surface area contributed by atoms with Gasteiger partial charge in [0.15, 0.2) is 0 Å². The number of anilines is 1. The molecular weight excluding hydrogens is 266 g/mol.